The lowest BCUT2D eigenvalue weighted by Crippen LogP contribution is -2.01. The molecule has 0 N–H and O–H groups in total. The Bertz CT molecular complexity index is 650. The van der Waals surface area contributed by atoms with E-state index in [1.165, 1.54) is 14.0 Å². The highest BCUT2D eigenvalue weighted by molar-refractivity contribution is 9.10. The minimum absolute atomic E-state index is 0.0905. The molecule has 0 radical (unpaired) electrons. The molecule has 0 aromatic heterocycles. The van der Waals surface area contributed by atoms with Gasteiger partial charge in [0.1, 0.15) is 22.8 Å². The van der Waals surface area contributed by atoms with Gasteiger partial charge in [0.2, 0.25) is 0 Å². The van der Waals surface area contributed by atoms with E-state index in [0.29, 0.717) is 22.8 Å². The van der Waals surface area contributed by atoms with Gasteiger partial charge in [-0.25, -0.2) is 0 Å². The van der Waals surface area contributed by atoms with Crippen molar-refractivity contribution in [3.8, 4) is 17.2 Å². The summed E-state index contributed by atoms with van der Waals surface area (Å²) in [5.41, 5.74) is 1.44. The molecule has 20 heavy (non-hydrogen) atoms. The second-order valence-electron chi connectivity index (χ2n) is 4.40. The zero-order valence-electron chi connectivity index (χ0n) is 11.6. The second kappa shape index (κ2) is 6.09. The predicted molar refractivity (Wildman–Crippen MR) is 82.0 cm³/mol. The van der Waals surface area contributed by atoms with E-state index in [4.69, 9.17) is 9.47 Å². The molecule has 0 amide bonds. The van der Waals surface area contributed by atoms with Crippen molar-refractivity contribution in [1.82, 2.24) is 0 Å². The van der Waals surface area contributed by atoms with Crippen molar-refractivity contribution in [2.75, 3.05) is 7.11 Å². The second-order valence-corrected chi connectivity index (χ2v) is 5.32. The van der Waals surface area contributed by atoms with Crippen molar-refractivity contribution in [3.05, 3.63) is 52.0 Å². The summed E-state index contributed by atoms with van der Waals surface area (Å²) in [6.07, 6.45) is 0. The number of ether oxygens (including phenoxy) is 2. The van der Waals surface area contributed by atoms with E-state index in [1.54, 1.807) is 18.2 Å². The molecule has 0 aliphatic rings. The van der Waals surface area contributed by atoms with Gasteiger partial charge in [-0.1, -0.05) is 22.0 Å². The molecular weight excluding hydrogens is 320 g/mol. The van der Waals surface area contributed by atoms with Gasteiger partial charge in [0.05, 0.1) is 7.11 Å². The Morgan fingerprint density at radius 3 is 2.40 bits per heavy atom. The van der Waals surface area contributed by atoms with Crippen LogP contribution in [-0.2, 0) is 0 Å². The summed E-state index contributed by atoms with van der Waals surface area (Å²) in [6.45, 7) is 3.45. The topological polar surface area (TPSA) is 35.5 Å². The van der Waals surface area contributed by atoms with Gasteiger partial charge in [0.15, 0.2) is 5.78 Å². The molecule has 0 saturated carbocycles. The van der Waals surface area contributed by atoms with E-state index < -0.39 is 0 Å². The van der Waals surface area contributed by atoms with Crippen LogP contribution in [-0.4, -0.2) is 12.9 Å². The van der Waals surface area contributed by atoms with Gasteiger partial charge in [-0.05, 0) is 49.7 Å². The Hall–Kier alpha value is -1.81. The van der Waals surface area contributed by atoms with E-state index in [1.807, 2.05) is 25.1 Å². The first-order chi connectivity index (χ1) is 9.52. The molecule has 2 aromatic rings. The number of Topliss-reactive ketones (excluding diaryl/α,β-unsaturated/α-hetero) is 1. The minimum atomic E-state index is -0.0905. The summed E-state index contributed by atoms with van der Waals surface area (Å²) in [7, 11) is 1.54. The van der Waals surface area contributed by atoms with E-state index in [-0.39, 0.29) is 5.78 Å². The molecule has 4 heteroatoms. The van der Waals surface area contributed by atoms with Crippen molar-refractivity contribution in [2.45, 2.75) is 13.8 Å². The fraction of sp³-hybridized carbons (Fsp3) is 0.188. The molecule has 0 heterocycles. The molecule has 3 nitrogen and oxygen atoms in total. The third kappa shape index (κ3) is 3.02. The number of benzene rings is 2. The molecule has 0 spiro atoms. The van der Waals surface area contributed by atoms with Crippen LogP contribution in [0.25, 0.3) is 0 Å². The quantitative estimate of drug-likeness (QED) is 0.756. The van der Waals surface area contributed by atoms with E-state index >= 15 is 0 Å². The Morgan fingerprint density at radius 2 is 1.80 bits per heavy atom. The maximum atomic E-state index is 11.8. The normalized spacial score (nSPS) is 10.2. The Kier molecular flexibility index (Phi) is 4.45. The van der Waals surface area contributed by atoms with Crippen molar-refractivity contribution in [2.24, 2.45) is 0 Å². The monoisotopic (exact) mass is 334 g/mol. The van der Waals surface area contributed by atoms with Gasteiger partial charge in [0, 0.05) is 4.47 Å². The molecular formula is C16H15BrO3. The molecule has 2 aromatic carbocycles. The molecule has 0 atom stereocenters. The lowest BCUT2D eigenvalue weighted by molar-refractivity contribution is 0.101. The number of hydrogen-bond donors (Lipinski definition) is 0. The minimum Gasteiger partial charge on any atom is -0.496 e. The van der Waals surface area contributed by atoms with Gasteiger partial charge in [-0.15, -0.1) is 0 Å². The summed E-state index contributed by atoms with van der Waals surface area (Å²) in [4.78, 5) is 11.8. The van der Waals surface area contributed by atoms with Crippen LogP contribution in [0.3, 0.4) is 0 Å². The average Bonchev–Trinajstić information content (AvgIpc) is 2.41. The lowest BCUT2D eigenvalue weighted by Gasteiger charge is -2.14. The Morgan fingerprint density at radius 1 is 1.10 bits per heavy atom. The number of rotatable bonds is 4. The van der Waals surface area contributed by atoms with Gasteiger partial charge in [0.25, 0.3) is 0 Å². The third-order valence-corrected chi connectivity index (χ3v) is 3.41. The molecule has 0 bridgehead atoms. The van der Waals surface area contributed by atoms with Crippen LogP contribution >= 0.6 is 15.9 Å². The van der Waals surface area contributed by atoms with Crippen molar-refractivity contribution in [3.63, 3.8) is 0 Å². The van der Waals surface area contributed by atoms with E-state index in [2.05, 4.69) is 15.9 Å². The maximum Gasteiger partial charge on any atom is 0.167 e. The summed E-state index contributed by atoms with van der Waals surface area (Å²) >= 11 is 3.41. The largest absolute Gasteiger partial charge is 0.496 e. The number of carbonyl (C=O) groups excluding carboxylic acids is 1. The average molecular weight is 335 g/mol. The van der Waals surface area contributed by atoms with Crippen LogP contribution < -0.4 is 9.47 Å². The SMILES string of the molecule is COc1cccc(Oc2ccc(Br)cc2C)c1C(C)=O. The standard InChI is InChI=1S/C16H15BrO3/c1-10-9-12(17)7-8-13(10)20-15-6-4-5-14(19-3)16(15)11(2)18/h4-9H,1-3H3. The number of halogens is 1. The van der Waals surface area contributed by atoms with Crippen LogP contribution in [0.5, 0.6) is 17.2 Å². The highest BCUT2D eigenvalue weighted by Gasteiger charge is 2.16. The smallest absolute Gasteiger partial charge is 0.167 e. The zero-order valence-corrected chi connectivity index (χ0v) is 13.2. The Balaban J connectivity index is 2.45. The molecule has 0 aliphatic carbocycles. The van der Waals surface area contributed by atoms with Crippen LogP contribution in [0.15, 0.2) is 40.9 Å². The van der Waals surface area contributed by atoms with Crippen molar-refractivity contribution in [1.29, 1.82) is 0 Å². The highest BCUT2D eigenvalue weighted by atomic mass is 79.9. The Labute approximate surface area is 126 Å². The predicted octanol–water partition coefficient (Wildman–Crippen LogP) is 4.76. The fourth-order valence-corrected chi connectivity index (χ4v) is 2.43. The first kappa shape index (κ1) is 14.6. The van der Waals surface area contributed by atoms with E-state index in [0.717, 1.165) is 10.0 Å². The summed E-state index contributed by atoms with van der Waals surface area (Å²) in [5, 5.41) is 0. The van der Waals surface area contributed by atoms with Crippen LogP contribution in [0.1, 0.15) is 22.8 Å². The number of aryl methyl sites for hydroxylation is 1. The summed E-state index contributed by atoms with van der Waals surface area (Å²) in [5.74, 6) is 1.64. The highest BCUT2D eigenvalue weighted by Crippen LogP contribution is 2.34. The van der Waals surface area contributed by atoms with Gasteiger partial charge < -0.3 is 9.47 Å². The van der Waals surface area contributed by atoms with Crippen molar-refractivity contribution >= 4 is 21.7 Å². The van der Waals surface area contributed by atoms with Gasteiger partial charge in [-0.2, -0.15) is 0 Å². The van der Waals surface area contributed by atoms with Crippen LogP contribution in [0, 0.1) is 6.92 Å². The third-order valence-electron chi connectivity index (χ3n) is 2.92. The summed E-state index contributed by atoms with van der Waals surface area (Å²) < 4.78 is 12.1. The zero-order chi connectivity index (χ0) is 14.7. The first-order valence-corrected chi connectivity index (χ1v) is 6.94. The lowest BCUT2D eigenvalue weighted by atomic mass is 10.1. The van der Waals surface area contributed by atoms with Crippen LogP contribution in [0.2, 0.25) is 0 Å². The molecule has 0 unspecified atom stereocenters. The first-order valence-electron chi connectivity index (χ1n) is 6.15. The maximum absolute atomic E-state index is 11.8. The van der Waals surface area contributed by atoms with E-state index in [9.17, 15) is 4.79 Å². The molecule has 0 saturated heterocycles. The molecule has 104 valence electrons. The van der Waals surface area contributed by atoms with Gasteiger partial charge in [-0.3, -0.25) is 4.79 Å². The van der Waals surface area contributed by atoms with Gasteiger partial charge >= 0.3 is 0 Å². The number of carbonyl (C=O) groups is 1. The molecule has 2 rings (SSSR count). The van der Waals surface area contributed by atoms with Crippen molar-refractivity contribution < 1.29 is 14.3 Å². The fourth-order valence-electron chi connectivity index (χ4n) is 1.96. The number of ketones is 1. The summed E-state index contributed by atoms with van der Waals surface area (Å²) in [6, 6.07) is 11.0. The molecule has 0 fully saturated rings. The number of hydrogen-bond acceptors (Lipinski definition) is 3. The molecule has 0 aliphatic heterocycles. The number of methoxy groups -OCH3 is 1. The van der Waals surface area contributed by atoms with Crippen LogP contribution in [0.4, 0.5) is 0 Å².